The molecule has 1 saturated heterocycles. The number of hydrogen-bond acceptors (Lipinski definition) is 7. The first-order chi connectivity index (χ1) is 16.0. The summed E-state index contributed by atoms with van der Waals surface area (Å²) < 4.78 is 10.3. The second-order valence-corrected chi connectivity index (χ2v) is 9.46. The standard InChI is InChI=1S/C25H24N4O3S/c1-14(2)32-21-7-6-15(10-17(21)13-26)25-27-24(28-33-25)19-5-3-4-18-20(19)11-16-12-22(31)29(8-9-30)23(16)18/h3-7,10,14,16,23,30H,8-9,11-12H2,1-2H3/t16-,23+/m1/s1. The lowest BCUT2D eigenvalue weighted by Crippen LogP contribution is -2.30. The Kier molecular flexibility index (Phi) is 5.60. The van der Waals surface area contributed by atoms with Gasteiger partial charge in [-0.25, -0.2) is 4.98 Å². The largest absolute Gasteiger partial charge is 0.490 e. The SMILES string of the molecule is CC(C)Oc1ccc(-c2nc(-c3cccc4c3C[C@@H]3CC(=O)N(CCO)[C@H]43)ns2)cc1C#N. The van der Waals surface area contributed by atoms with Crippen molar-refractivity contribution in [3.63, 3.8) is 0 Å². The minimum absolute atomic E-state index is 0.0145. The van der Waals surface area contributed by atoms with Gasteiger partial charge in [-0.2, -0.15) is 9.64 Å². The number of nitriles is 1. The van der Waals surface area contributed by atoms with Crippen molar-refractivity contribution in [3.8, 4) is 33.8 Å². The van der Waals surface area contributed by atoms with Crippen molar-refractivity contribution >= 4 is 17.4 Å². The van der Waals surface area contributed by atoms with Crippen molar-refractivity contribution in [2.24, 2.45) is 5.92 Å². The van der Waals surface area contributed by atoms with E-state index in [9.17, 15) is 15.2 Å². The van der Waals surface area contributed by atoms with Crippen LogP contribution in [0.1, 0.15) is 43.0 Å². The van der Waals surface area contributed by atoms with E-state index in [1.165, 1.54) is 17.1 Å². The average molecular weight is 461 g/mol. The van der Waals surface area contributed by atoms with Crippen LogP contribution in [-0.4, -0.2) is 44.5 Å². The van der Waals surface area contributed by atoms with Crippen molar-refractivity contribution in [1.82, 2.24) is 14.3 Å². The van der Waals surface area contributed by atoms with Gasteiger partial charge in [0.2, 0.25) is 5.91 Å². The number of β-amino-alcohol motifs (C(OH)–C–C–N with tert-alkyl or cyclic N) is 1. The van der Waals surface area contributed by atoms with Crippen LogP contribution in [0.4, 0.5) is 0 Å². The van der Waals surface area contributed by atoms with Crippen LogP contribution in [0, 0.1) is 17.2 Å². The van der Waals surface area contributed by atoms with Crippen LogP contribution >= 0.6 is 11.5 Å². The van der Waals surface area contributed by atoms with Gasteiger partial charge in [-0.3, -0.25) is 4.79 Å². The summed E-state index contributed by atoms with van der Waals surface area (Å²) in [5.74, 6) is 1.57. The molecule has 0 saturated carbocycles. The highest BCUT2D eigenvalue weighted by atomic mass is 32.1. The number of likely N-dealkylation sites (tertiary alicyclic amines) is 1. The Bertz CT molecular complexity index is 1260. The van der Waals surface area contributed by atoms with Gasteiger partial charge < -0.3 is 14.7 Å². The minimum Gasteiger partial charge on any atom is -0.490 e. The molecule has 1 aliphatic heterocycles. The number of amides is 1. The number of aliphatic hydroxyl groups excluding tert-OH is 1. The maximum atomic E-state index is 12.4. The third-order valence-electron chi connectivity index (χ3n) is 6.25. The van der Waals surface area contributed by atoms with Gasteiger partial charge in [0.25, 0.3) is 0 Å². The number of fused-ring (bicyclic) bond motifs is 3. The number of carbonyl (C=O) groups excluding carboxylic acids is 1. The van der Waals surface area contributed by atoms with Crippen LogP contribution in [0.2, 0.25) is 0 Å². The van der Waals surface area contributed by atoms with Crippen molar-refractivity contribution in [3.05, 3.63) is 53.1 Å². The Morgan fingerprint density at radius 2 is 2.15 bits per heavy atom. The predicted molar refractivity (Wildman–Crippen MR) is 125 cm³/mol. The van der Waals surface area contributed by atoms with Crippen LogP contribution in [0.3, 0.4) is 0 Å². The normalized spacial score (nSPS) is 19.0. The van der Waals surface area contributed by atoms with E-state index in [1.54, 1.807) is 6.07 Å². The molecule has 2 atom stereocenters. The van der Waals surface area contributed by atoms with Crippen molar-refractivity contribution < 1.29 is 14.6 Å². The van der Waals surface area contributed by atoms with Crippen molar-refractivity contribution in [2.75, 3.05) is 13.2 Å². The maximum absolute atomic E-state index is 12.4. The summed E-state index contributed by atoms with van der Waals surface area (Å²) in [5.41, 5.74) is 4.61. The van der Waals surface area contributed by atoms with E-state index in [0.29, 0.717) is 30.1 Å². The zero-order valence-electron chi connectivity index (χ0n) is 18.5. The zero-order valence-corrected chi connectivity index (χ0v) is 19.3. The molecule has 5 rings (SSSR count). The number of benzene rings is 2. The molecule has 1 fully saturated rings. The molecule has 33 heavy (non-hydrogen) atoms. The fourth-order valence-corrected chi connectivity index (χ4v) is 5.65. The lowest BCUT2D eigenvalue weighted by atomic mass is 10.0. The zero-order chi connectivity index (χ0) is 23.1. The Balaban J connectivity index is 1.48. The smallest absolute Gasteiger partial charge is 0.223 e. The third kappa shape index (κ3) is 3.77. The molecule has 7 nitrogen and oxygen atoms in total. The molecule has 8 heteroatoms. The van der Waals surface area contributed by atoms with Crippen LogP contribution in [-0.2, 0) is 11.2 Å². The molecule has 0 radical (unpaired) electrons. The summed E-state index contributed by atoms with van der Waals surface area (Å²) in [4.78, 5) is 19.0. The molecular weight excluding hydrogens is 436 g/mol. The van der Waals surface area contributed by atoms with Gasteiger partial charge in [-0.15, -0.1) is 0 Å². The maximum Gasteiger partial charge on any atom is 0.223 e. The first-order valence-corrected chi connectivity index (χ1v) is 11.8. The molecule has 1 aliphatic carbocycles. The van der Waals surface area contributed by atoms with E-state index in [0.717, 1.165) is 28.1 Å². The molecule has 1 N–H and O–H groups in total. The van der Waals surface area contributed by atoms with E-state index >= 15 is 0 Å². The van der Waals surface area contributed by atoms with Gasteiger partial charge in [0.15, 0.2) is 5.82 Å². The molecule has 3 aromatic rings. The monoisotopic (exact) mass is 460 g/mol. The minimum atomic E-state index is -0.0351. The van der Waals surface area contributed by atoms with E-state index in [4.69, 9.17) is 9.72 Å². The summed E-state index contributed by atoms with van der Waals surface area (Å²) in [6, 6.07) is 13.8. The summed E-state index contributed by atoms with van der Waals surface area (Å²) in [6.45, 7) is 4.18. The molecule has 1 amide bonds. The summed E-state index contributed by atoms with van der Waals surface area (Å²) in [7, 11) is 0. The number of rotatable bonds is 6. The molecule has 2 aromatic carbocycles. The molecule has 0 bridgehead atoms. The van der Waals surface area contributed by atoms with E-state index < -0.39 is 0 Å². The van der Waals surface area contributed by atoms with Crippen LogP contribution in [0.15, 0.2) is 36.4 Å². The number of aromatic nitrogens is 2. The highest BCUT2D eigenvalue weighted by Crippen LogP contribution is 2.49. The van der Waals surface area contributed by atoms with Gasteiger partial charge in [-0.05, 0) is 67.0 Å². The Labute approximate surface area is 196 Å². The molecule has 1 aromatic heterocycles. The second-order valence-electron chi connectivity index (χ2n) is 8.71. The second kappa shape index (κ2) is 8.58. The number of hydrogen-bond donors (Lipinski definition) is 1. The van der Waals surface area contributed by atoms with Crippen LogP contribution in [0.25, 0.3) is 22.0 Å². The Morgan fingerprint density at radius 1 is 1.30 bits per heavy atom. The quantitative estimate of drug-likeness (QED) is 0.598. The van der Waals surface area contributed by atoms with E-state index in [1.807, 2.05) is 43.0 Å². The number of nitrogens with zero attached hydrogens (tertiary/aromatic N) is 4. The number of aliphatic hydroxyl groups is 1. The van der Waals surface area contributed by atoms with E-state index in [2.05, 4.69) is 16.5 Å². The topological polar surface area (TPSA) is 99.3 Å². The predicted octanol–water partition coefficient (Wildman–Crippen LogP) is 3.97. The van der Waals surface area contributed by atoms with Crippen LogP contribution in [0.5, 0.6) is 5.75 Å². The van der Waals surface area contributed by atoms with Gasteiger partial charge in [0.1, 0.15) is 16.8 Å². The fourth-order valence-electron chi connectivity index (χ4n) is 4.98. The number of carbonyl (C=O) groups is 1. The van der Waals surface area contributed by atoms with Gasteiger partial charge in [-0.1, -0.05) is 18.2 Å². The highest BCUT2D eigenvalue weighted by Gasteiger charge is 2.46. The van der Waals surface area contributed by atoms with Gasteiger partial charge in [0.05, 0.1) is 24.3 Å². The fraction of sp³-hybridized carbons (Fsp3) is 0.360. The molecule has 2 heterocycles. The first kappa shape index (κ1) is 21.6. The molecule has 0 unspecified atom stereocenters. The van der Waals surface area contributed by atoms with Gasteiger partial charge >= 0.3 is 0 Å². The first-order valence-electron chi connectivity index (χ1n) is 11.1. The molecule has 168 valence electrons. The van der Waals surface area contributed by atoms with Crippen LogP contribution < -0.4 is 4.74 Å². The molecule has 0 spiro atoms. The molecular formula is C25H24N4O3S. The lowest BCUT2D eigenvalue weighted by Gasteiger charge is -2.24. The lowest BCUT2D eigenvalue weighted by molar-refractivity contribution is -0.129. The van der Waals surface area contributed by atoms with E-state index in [-0.39, 0.29) is 30.6 Å². The summed E-state index contributed by atoms with van der Waals surface area (Å²) >= 11 is 1.30. The van der Waals surface area contributed by atoms with Crippen molar-refractivity contribution in [1.29, 1.82) is 5.26 Å². The Morgan fingerprint density at radius 3 is 2.91 bits per heavy atom. The molecule has 2 aliphatic rings. The Hall–Kier alpha value is -3.28. The summed E-state index contributed by atoms with van der Waals surface area (Å²) in [5, 5.41) is 19.7. The van der Waals surface area contributed by atoms with Crippen molar-refractivity contribution in [2.45, 2.75) is 38.8 Å². The highest BCUT2D eigenvalue weighted by molar-refractivity contribution is 7.09. The summed E-state index contributed by atoms with van der Waals surface area (Å²) in [6.07, 6.45) is 1.30. The average Bonchev–Trinajstić information content (AvgIpc) is 3.49. The third-order valence-corrected chi connectivity index (χ3v) is 7.02. The van der Waals surface area contributed by atoms with Gasteiger partial charge in [0, 0.05) is 24.1 Å². The number of ether oxygens (including phenoxy) is 1.